The number of carbonyl (C=O) groups excluding carboxylic acids is 2. The summed E-state index contributed by atoms with van der Waals surface area (Å²) in [5.74, 6) is -0.580. The summed E-state index contributed by atoms with van der Waals surface area (Å²) in [7, 11) is 0. The summed E-state index contributed by atoms with van der Waals surface area (Å²) in [6.45, 7) is 0.447. The van der Waals surface area contributed by atoms with Gasteiger partial charge in [0.2, 0.25) is 0 Å². The zero-order valence-corrected chi connectivity index (χ0v) is 14.5. The van der Waals surface area contributed by atoms with Crippen molar-refractivity contribution < 1.29 is 9.59 Å². The number of anilines is 1. The van der Waals surface area contributed by atoms with Gasteiger partial charge in [0.15, 0.2) is 5.71 Å². The number of para-hydroxylation sites is 1. The Morgan fingerprint density at radius 3 is 2.22 bits per heavy atom. The largest absolute Gasteiger partial charge is 0.302 e. The zero-order chi connectivity index (χ0) is 18.6. The molecule has 1 heterocycles. The molecule has 0 fully saturated rings. The number of benzene rings is 3. The van der Waals surface area contributed by atoms with E-state index >= 15 is 0 Å². The second-order valence-electron chi connectivity index (χ2n) is 6.16. The molecule has 2 amide bonds. The van der Waals surface area contributed by atoms with E-state index in [0.29, 0.717) is 17.7 Å². The molecule has 5 heteroatoms. The molecule has 0 unspecified atom stereocenters. The van der Waals surface area contributed by atoms with Crippen LogP contribution in [0.2, 0.25) is 0 Å². The van der Waals surface area contributed by atoms with Crippen LogP contribution in [-0.4, -0.2) is 17.5 Å². The Hall–Kier alpha value is -3.73. The number of carbonyl (C=O) groups is 2. The Balaban J connectivity index is 1.62. The molecule has 0 saturated carbocycles. The third-order valence-electron chi connectivity index (χ3n) is 4.39. The summed E-state index contributed by atoms with van der Waals surface area (Å²) < 4.78 is 0. The minimum absolute atomic E-state index is 0.228. The molecule has 0 atom stereocenters. The first-order chi connectivity index (χ1) is 13.2. The first-order valence-electron chi connectivity index (χ1n) is 8.62. The van der Waals surface area contributed by atoms with E-state index in [4.69, 9.17) is 0 Å². The van der Waals surface area contributed by atoms with Crippen LogP contribution < -0.4 is 10.3 Å². The molecule has 0 aromatic heterocycles. The van der Waals surface area contributed by atoms with Crippen molar-refractivity contribution in [2.45, 2.75) is 6.54 Å². The van der Waals surface area contributed by atoms with E-state index in [2.05, 4.69) is 10.5 Å². The van der Waals surface area contributed by atoms with Crippen LogP contribution in [0.5, 0.6) is 0 Å². The fraction of sp³-hybridized carbons (Fsp3) is 0.0455. The van der Waals surface area contributed by atoms with Gasteiger partial charge in [-0.3, -0.25) is 9.59 Å². The van der Waals surface area contributed by atoms with Crippen molar-refractivity contribution in [3.63, 3.8) is 0 Å². The minimum atomic E-state index is -0.352. The zero-order valence-electron chi connectivity index (χ0n) is 14.5. The van der Waals surface area contributed by atoms with E-state index in [1.807, 2.05) is 60.7 Å². The molecule has 0 radical (unpaired) electrons. The van der Waals surface area contributed by atoms with Crippen LogP contribution in [0.4, 0.5) is 5.69 Å². The Morgan fingerprint density at radius 2 is 1.48 bits per heavy atom. The lowest BCUT2D eigenvalue weighted by Gasteiger charge is -2.16. The van der Waals surface area contributed by atoms with Gasteiger partial charge in [0.05, 0.1) is 12.2 Å². The lowest BCUT2D eigenvalue weighted by atomic mass is 10.1. The Morgan fingerprint density at radius 1 is 0.852 bits per heavy atom. The van der Waals surface area contributed by atoms with Gasteiger partial charge in [-0.05, 0) is 23.8 Å². The van der Waals surface area contributed by atoms with Crippen LogP contribution in [0.25, 0.3) is 0 Å². The molecule has 3 aromatic carbocycles. The van der Waals surface area contributed by atoms with Gasteiger partial charge in [-0.2, -0.15) is 5.10 Å². The summed E-state index contributed by atoms with van der Waals surface area (Å²) in [6, 6.07) is 26.0. The smallest absolute Gasteiger partial charge is 0.279 e. The van der Waals surface area contributed by atoms with Crippen molar-refractivity contribution in [1.82, 2.24) is 5.43 Å². The molecule has 132 valence electrons. The van der Waals surface area contributed by atoms with E-state index < -0.39 is 0 Å². The number of nitrogens with one attached hydrogen (secondary N) is 1. The van der Waals surface area contributed by atoms with Gasteiger partial charge in [-0.25, -0.2) is 5.43 Å². The maximum Gasteiger partial charge on any atom is 0.279 e. The van der Waals surface area contributed by atoms with Crippen LogP contribution in [0, 0.1) is 0 Å². The Bertz CT molecular complexity index is 1010. The van der Waals surface area contributed by atoms with Crippen LogP contribution in [0.15, 0.2) is 90.0 Å². The van der Waals surface area contributed by atoms with Crippen molar-refractivity contribution in [3.8, 4) is 0 Å². The summed E-state index contributed by atoms with van der Waals surface area (Å²) in [6.07, 6.45) is 0. The standard InChI is InChI=1S/C22H17N3O2/c26-21(17-11-5-2-6-12-17)24-23-20-18-13-7-8-14-19(18)25(22(20)27)15-16-9-3-1-4-10-16/h1-14H,15H2,(H,24,26)/b23-20-. The van der Waals surface area contributed by atoms with Crippen LogP contribution in [0.3, 0.4) is 0 Å². The molecule has 1 N–H and O–H groups in total. The quantitative estimate of drug-likeness (QED) is 0.730. The third kappa shape index (κ3) is 3.35. The monoisotopic (exact) mass is 355 g/mol. The molecule has 1 aliphatic rings. The number of nitrogens with zero attached hydrogens (tertiary/aromatic N) is 2. The van der Waals surface area contributed by atoms with Gasteiger partial charge in [0.1, 0.15) is 0 Å². The van der Waals surface area contributed by atoms with Gasteiger partial charge in [-0.1, -0.05) is 66.7 Å². The molecule has 4 rings (SSSR count). The fourth-order valence-corrected chi connectivity index (χ4v) is 3.05. The number of hydrazone groups is 1. The summed E-state index contributed by atoms with van der Waals surface area (Å²) >= 11 is 0. The average Bonchev–Trinajstić information content (AvgIpc) is 2.99. The van der Waals surface area contributed by atoms with Crippen LogP contribution in [-0.2, 0) is 11.3 Å². The lowest BCUT2D eigenvalue weighted by Crippen LogP contribution is -2.31. The topological polar surface area (TPSA) is 61.8 Å². The van der Waals surface area contributed by atoms with Crippen molar-refractivity contribution in [2.24, 2.45) is 5.10 Å². The SMILES string of the molecule is O=C(N/N=C1\C(=O)N(Cc2ccccc2)c2ccccc21)c1ccccc1. The second kappa shape index (κ2) is 7.25. The maximum absolute atomic E-state index is 13.0. The molecular weight excluding hydrogens is 338 g/mol. The van der Waals surface area contributed by atoms with Crippen molar-refractivity contribution >= 4 is 23.2 Å². The van der Waals surface area contributed by atoms with Crippen molar-refractivity contribution in [1.29, 1.82) is 0 Å². The van der Waals surface area contributed by atoms with E-state index in [9.17, 15) is 9.59 Å². The number of hydrogen-bond donors (Lipinski definition) is 1. The highest BCUT2D eigenvalue weighted by molar-refractivity contribution is 6.54. The number of rotatable bonds is 4. The molecule has 0 spiro atoms. The minimum Gasteiger partial charge on any atom is -0.302 e. The molecule has 0 bridgehead atoms. The first-order valence-corrected chi connectivity index (χ1v) is 8.62. The Kier molecular flexibility index (Phi) is 4.49. The lowest BCUT2D eigenvalue weighted by molar-refractivity contribution is -0.112. The van der Waals surface area contributed by atoms with Gasteiger partial charge in [0.25, 0.3) is 11.8 Å². The molecule has 0 aliphatic carbocycles. The highest BCUT2D eigenvalue weighted by Crippen LogP contribution is 2.30. The summed E-state index contributed by atoms with van der Waals surface area (Å²) in [4.78, 5) is 26.9. The third-order valence-corrected chi connectivity index (χ3v) is 4.39. The number of fused-ring (bicyclic) bond motifs is 1. The summed E-state index contributed by atoms with van der Waals surface area (Å²) in [5, 5.41) is 4.14. The molecule has 5 nitrogen and oxygen atoms in total. The predicted octanol–water partition coefficient (Wildman–Crippen LogP) is 3.37. The second-order valence-corrected chi connectivity index (χ2v) is 6.16. The Labute approximate surface area is 156 Å². The van der Waals surface area contributed by atoms with Crippen molar-refractivity contribution in [3.05, 3.63) is 102 Å². The average molecular weight is 355 g/mol. The molecule has 3 aromatic rings. The number of amides is 2. The van der Waals surface area contributed by atoms with Crippen LogP contribution >= 0.6 is 0 Å². The highest BCUT2D eigenvalue weighted by Gasteiger charge is 2.34. The fourth-order valence-electron chi connectivity index (χ4n) is 3.05. The number of hydrogen-bond acceptors (Lipinski definition) is 3. The molecule has 27 heavy (non-hydrogen) atoms. The van der Waals surface area contributed by atoms with Gasteiger partial charge in [0, 0.05) is 11.1 Å². The molecule has 1 aliphatic heterocycles. The maximum atomic E-state index is 13.0. The van der Waals surface area contributed by atoms with Crippen LogP contribution in [0.1, 0.15) is 21.5 Å². The van der Waals surface area contributed by atoms with Gasteiger partial charge >= 0.3 is 0 Å². The highest BCUT2D eigenvalue weighted by atomic mass is 16.2. The predicted molar refractivity (Wildman–Crippen MR) is 105 cm³/mol. The van der Waals surface area contributed by atoms with E-state index in [0.717, 1.165) is 11.3 Å². The molecule has 0 saturated heterocycles. The van der Waals surface area contributed by atoms with Gasteiger partial charge < -0.3 is 4.90 Å². The molecular formula is C22H17N3O2. The van der Waals surface area contributed by atoms with E-state index in [1.54, 1.807) is 29.2 Å². The van der Waals surface area contributed by atoms with Crippen molar-refractivity contribution in [2.75, 3.05) is 4.90 Å². The van der Waals surface area contributed by atoms with E-state index in [-0.39, 0.29) is 17.5 Å². The normalized spacial score (nSPS) is 14.3. The van der Waals surface area contributed by atoms with Gasteiger partial charge in [-0.15, -0.1) is 0 Å². The van der Waals surface area contributed by atoms with E-state index in [1.165, 1.54) is 0 Å². The first kappa shape index (κ1) is 16.7. The summed E-state index contributed by atoms with van der Waals surface area (Å²) in [5.41, 5.74) is 5.76.